The number of benzene rings is 1. The molecule has 2 unspecified atom stereocenters. The minimum atomic E-state index is -1.40. The molecule has 2 heterocycles. The molecule has 1 aromatic rings. The molecule has 1 saturated heterocycles. The van der Waals surface area contributed by atoms with Gasteiger partial charge in [-0.05, 0) is 19.1 Å². The van der Waals surface area contributed by atoms with Crippen molar-refractivity contribution in [3.8, 4) is 0 Å². The Labute approximate surface area is 116 Å². The number of ether oxygens (including phenoxy) is 1. The van der Waals surface area contributed by atoms with Crippen LogP contribution in [0.3, 0.4) is 0 Å². The summed E-state index contributed by atoms with van der Waals surface area (Å²) in [5.41, 5.74) is 2.04. The summed E-state index contributed by atoms with van der Waals surface area (Å²) >= 11 is 0. The molecule has 0 aliphatic carbocycles. The first-order valence-electron chi connectivity index (χ1n) is 6.54. The number of anilines is 1. The molecular weight excluding hydrogens is 258 g/mol. The van der Waals surface area contributed by atoms with Gasteiger partial charge in [0, 0.05) is 18.4 Å². The van der Waals surface area contributed by atoms with E-state index in [9.17, 15) is 9.59 Å². The van der Waals surface area contributed by atoms with Crippen LogP contribution in [-0.2, 0) is 14.3 Å². The molecule has 104 valence electrons. The van der Waals surface area contributed by atoms with Crippen LogP contribution in [0.1, 0.15) is 6.92 Å². The fraction of sp³-hybridized carbons (Fsp3) is 0.357. The molecule has 2 aliphatic rings. The molecular formula is C14H15N3O3. The number of carbonyl (C=O) groups is 2. The number of nitrogens with one attached hydrogen (secondary N) is 1. The number of hydrogen-bond donors (Lipinski definition) is 1. The van der Waals surface area contributed by atoms with Crippen molar-refractivity contribution in [1.82, 2.24) is 5.43 Å². The molecule has 0 bridgehead atoms. The zero-order valence-electron chi connectivity index (χ0n) is 11.1. The van der Waals surface area contributed by atoms with Crippen molar-refractivity contribution in [2.24, 2.45) is 11.0 Å². The summed E-state index contributed by atoms with van der Waals surface area (Å²) in [5.74, 6) is -1.19. The third-order valence-electron chi connectivity index (χ3n) is 3.68. The van der Waals surface area contributed by atoms with Crippen LogP contribution >= 0.6 is 0 Å². The third kappa shape index (κ3) is 1.61. The van der Waals surface area contributed by atoms with Gasteiger partial charge >= 0.3 is 5.97 Å². The van der Waals surface area contributed by atoms with Gasteiger partial charge in [-0.1, -0.05) is 18.2 Å². The van der Waals surface area contributed by atoms with Crippen molar-refractivity contribution in [1.29, 1.82) is 0 Å². The summed E-state index contributed by atoms with van der Waals surface area (Å²) in [6.07, 6.45) is 1.61. The highest BCUT2D eigenvalue weighted by molar-refractivity contribution is 6.19. The van der Waals surface area contributed by atoms with Crippen LogP contribution in [0.4, 0.5) is 5.69 Å². The van der Waals surface area contributed by atoms with Crippen LogP contribution in [0.2, 0.25) is 0 Å². The Morgan fingerprint density at radius 3 is 2.95 bits per heavy atom. The highest BCUT2D eigenvalue weighted by atomic mass is 16.5. The lowest BCUT2D eigenvalue weighted by atomic mass is 9.89. The molecule has 6 nitrogen and oxygen atoms in total. The first kappa shape index (κ1) is 12.7. The van der Waals surface area contributed by atoms with E-state index in [1.54, 1.807) is 18.0 Å². The minimum absolute atomic E-state index is 0.230. The van der Waals surface area contributed by atoms with E-state index in [1.165, 1.54) is 0 Å². The van der Waals surface area contributed by atoms with Crippen LogP contribution in [0.15, 0.2) is 35.4 Å². The minimum Gasteiger partial charge on any atom is -0.464 e. The average molecular weight is 273 g/mol. The highest BCUT2D eigenvalue weighted by Gasteiger charge is 2.62. The Morgan fingerprint density at radius 2 is 2.25 bits per heavy atom. The van der Waals surface area contributed by atoms with Crippen molar-refractivity contribution in [2.45, 2.75) is 12.5 Å². The fourth-order valence-electron chi connectivity index (χ4n) is 2.67. The molecule has 1 N–H and O–H groups in total. The molecule has 3 rings (SSSR count). The molecule has 0 spiro atoms. The highest BCUT2D eigenvalue weighted by Crippen LogP contribution is 2.35. The van der Waals surface area contributed by atoms with Crippen molar-refractivity contribution >= 4 is 23.8 Å². The molecule has 20 heavy (non-hydrogen) atoms. The molecule has 2 atom stereocenters. The topological polar surface area (TPSA) is 71.0 Å². The van der Waals surface area contributed by atoms with Crippen LogP contribution in [-0.4, -0.2) is 36.8 Å². The van der Waals surface area contributed by atoms with Gasteiger partial charge in [0.1, 0.15) is 0 Å². The zero-order chi connectivity index (χ0) is 14.2. The fourth-order valence-corrected chi connectivity index (χ4v) is 2.67. The van der Waals surface area contributed by atoms with Crippen LogP contribution in [0, 0.1) is 5.92 Å². The number of carbonyl (C=O) groups excluding carboxylic acids is 2. The lowest BCUT2D eigenvalue weighted by molar-refractivity contribution is -0.154. The summed E-state index contributed by atoms with van der Waals surface area (Å²) in [6.45, 7) is 2.36. The summed E-state index contributed by atoms with van der Waals surface area (Å²) in [6, 6.07) is 9.28. The summed E-state index contributed by atoms with van der Waals surface area (Å²) in [5, 5.41) is 3.90. The zero-order valence-corrected chi connectivity index (χ0v) is 11.1. The second-order valence-corrected chi connectivity index (χ2v) is 4.78. The second-order valence-electron chi connectivity index (χ2n) is 4.78. The number of esters is 1. The number of amides is 1. The average Bonchev–Trinajstić information content (AvgIpc) is 3.00. The number of rotatable bonds is 3. The first-order chi connectivity index (χ1) is 9.70. The summed E-state index contributed by atoms with van der Waals surface area (Å²) < 4.78 is 5.06. The van der Waals surface area contributed by atoms with Gasteiger partial charge in [-0.3, -0.25) is 10.2 Å². The van der Waals surface area contributed by atoms with Gasteiger partial charge in [-0.2, -0.15) is 5.10 Å². The predicted octanol–water partition coefficient (Wildman–Crippen LogP) is 0.540. The van der Waals surface area contributed by atoms with E-state index in [-0.39, 0.29) is 18.4 Å². The Kier molecular flexibility index (Phi) is 2.93. The van der Waals surface area contributed by atoms with E-state index in [4.69, 9.17) is 4.74 Å². The van der Waals surface area contributed by atoms with Crippen LogP contribution in [0.25, 0.3) is 0 Å². The standard InChI is InChI=1S/C14H15N3O3/c1-2-20-13(19)14-10(8-15-16-14)9-17(12(14)18)11-6-4-3-5-7-11/h3-8,10,16H,2,9H2,1H3. The van der Waals surface area contributed by atoms with Crippen LogP contribution < -0.4 is 10.3 Å². The Bertz CT molecular complexity index is 572. The molecule has 1 amide bonds. The number of nitrogens with zero attached hydrogens (tertiary/aromatic N) is 2. The van der Waals surface area contributed by atoms with E-state index in [0.717, 1.165) is 5.69 Å². The first-order valence-corrected chi connectivity index (χ1v) is 6.54. The lowest BCUT2D eigenvalue weighted by Gasteiger charge is -2.24. The van der Waals surface area contributed by atoms with Crippen molar-refractivity contribution < 1.29 is 14.3 Å². The van der Waals surface area contributed by atoms with Gasteiger partial charge in [-0.15, -0.1) is 0 Å². The van der Waals surface area contributed by atoms with Gasteiger partial charge < -0.3 is 9.64 Å². The quantitative estimate of drug-likeness (QED) is 0.644. The second kappa shape index (κ2) is 4.63. The maximum Gasteiger partial charge on any atom is 0.344 e. The van der Waals surface area contributed by atoms with E-state index >= 15 is 0 Å². The molecule has 0 aromatic heterocycles. The SMILES string of the molecule is CCOC(=O)C12NN=CC1CN(c1ccccc1)C2=O. The summed E-state index contributed by atoms with van der Waals surface area (Å²) in [7, 11) is 0. The van der Waals surface area contributed by atoms with Crippen molar-refractivity contribution in [2.75, 3.05) is 18.1 Å². The maximum absolute atomic E-state index is 12.7. The van der Waals surface area contributed by atoms with E-state index in [0.29, 0.717) is 6.54 Å². The van der Waals surface area contributed by atoms with Crippen molar-refractivity contribution in [3.63, 3.8) is 0 Å². The smallest absolute Gasteiger partial charge is 0.344 e. The molecule has 1 aromatic carbocycles. The monoisotopic (exact) mass is 273 g/mol. The normalized spacial score (nSPS) is 27.4. The molecule has 0 radical (unpaired) electrons. The van der Waals surface area contributed by atoms with Gasteiger partial charge in [0.25, 0.3) is 5.91 Å². The summed E-state index contributed by atoms with van der Waals surface area (Å²) in [4.78, 5) is 26.5. The van der Waals surface area contributed by atoms with Gasteiger partial charge in [0.05, 0.1) is 12.5 Å². The predicted molar refractivity (Wildman–Crippen MR) is 73.3 cm³/mol. The van der Waals surface area contributed by atoms with E-state index in [1.807, 2.05) is 30.3 Å². The van der Waals surface area contributed by atoms with Gasteiger partial charge in [0.15, 0.2) is 0 Å². The van der Waals surface area contributed by atoms with E-state index in [2.05, 4.69) is 10.5 Å². The lowest BCUT2D eigenvalue weighted by Crippen LogP contribution is -2.58. The maximum atomic E-state index is 12.7. The number of hydrogen-bond acceptors (Lipinski definition) is 5. The van der Waals surface area contributed by atoms with Gasteiger partial charge in [-0.25, -0.2) is 4.79 Å². The van der Waals surface area contributed by atoms with Crippen LogP contribution in [0.5, 0.6) is 0 Å². The Hall–Kier alpha value is -2.37. The van der Waals surface area contributed by atoms with Crippen molar-refractivity contribution in [3.05, 3.63) is 30.3 Å². The largest absolute Gasteiger partial charge is 0.464 e. The number of para-hydroxylation sites is 1. The number of fused-ring (bicyclic) bond motifs is 1. The molecule has 6 heteroatoms. The Balaban J connectivity index is 1.96. The van der Waals surface area contributed by atoms with E-state index < -0.39 is 11.5 Å². The number of hydrazone groups is 1. The molecule has 1 fully saturated rings. The van der Waals surface area contributed by atoms with Gasteiger partial charge in [0.2, 0.25) is 5.54 Å². The molecule has 0 saturated carbocycles. The Morgan fingerprint density at radius 1 is 1.50 bits per heavy atom. The molecule has 2 aliphatic heterocycles. The third-order valence-corrected chi connectivity index (χ3v) is 3.68.